The number of urea groups is 1. The van der Waals surface area contributed by atoms with Gasteiger partial charge in [0, 0.05) is 19.2 Å². The minimum Gasteiger partial charge on any atom is -0.472 e. The molecule has 0 heterocycles. The molecule has 0 atom stereocenters. The van der Waals surface area contributed by atoms with E-state index in [2.05, 4.69) is 10.6 Å². The van der Waals surface area contributed by atoms with Gasteiger partial charge in [0.15, 0.2) is 13.0 Å². The topological polar surface area (TPSA) is 68.8 Å². The number of methoxy groups -OCH3 is 2. The van der Waals surface area contributed by atoms with Crippen molar-refractivity contribution in [2.45, 2.75) is 6.29 Å². The second-order valence-corrected chi connectivity index (χ2v) is 4.49. The third-order valence-electron chi connectivity index (χ3n) is 2.31. The van der Waals surface area contributed by atoms with Crippen molar-refractivity contribution in [1.29, 1.82) is 0 Å². The predicted molar refractivity (Wildman–Crippen MR) is 76.3 cm³/mol. The molecule has 112 valence electrons. The molecule has 0 saturated carbocycles. The molecule has 0 unspecified atom stereocenters. The van der Waals surface area contributed by atoms with E-state index in [9.17, 15) is 4.79 Å². The van der Waals surface area contributed by atoms with E-state index >= 15 is 0 Å². The van der Waals surface area contributed by atoms with Crippen LogP contribution in [0.1, 0.15) is 0 Å². The van der Waals surface area contributed by atoms with E-state index in [4.69, 9.17) is 37.4 Å². The molecule has 0 aliphatic carbocycles. The van der Waals surface area contributed by atoms with Crippen LogP contribution in [0.25, 0.3) is 0 Å². The van der Waals surface area contributed by atoms with Crippen LogP contribution in [0.15, 0.2) is 18.2 Å². The number of ether oxygens (including phenoxy) is 3. The predicted octanol–water partition coefficient (Wildman–Crippen LogP) is 2.25. The Bertz CT molecular complexity index is 441. The molecule has 1 aromatic carbocycles. The molecule has 0 saturated heterocycles. The Hall–Kier alpha value is -1.21. The smallest absolute Gasteiger partial charge is 0.317 e. The molecule has 0 spiro atoms. The second-order valence-electron chi connectivity index (χ2n) is 3.65. The van der Waals surface area contributed by atoms with Crippen molar-refractivity contribution in [3.63, 3.8) is 0 Å². The SMILES string of the molecule is COC(CNC(=O)NCOc1ccc(Cl)cc1Cl)OC. The highest BCUT2D eigenvalue weighted by molar-refractivity contribution is 6.35. The molecule has 6 nitrogen and oxygen atoms in total. The maximum atomic E-state index is 11.4. The number of benzene rings is 1. The molecular formula is C12H16Cl2N2O4. The highest BCUT2D eigenvalue weighted by Crippen LogP contribution is 2.27. The second kappa shape index (κ2) is 8.86. The van der Waals surface area contributed by atoms with E-state index in [-0.39, 0.29) is 13.3 Å². The molecule has 1 aromatic rings. The zero-order valence-corrected chi connectivity index (χ0v) is 12.6. The lowest BCUT2D eigenvalue weighted by Crippen LogP contribution is -2.42. The Balaban J connectivity index is 2.28. The van der Waals surface area contributed by atoms with Crippen LogP contribution >= 0.6 is 23.2 Å². The normalized spacial score (nSPS) is 10.4. The largest absolute Gasteiger partial charge is 0.472 e. The lowest BCUT2D eigenvalue weighted by molar-refractivity contribution is -0.0972. The average Bonchev–Trinajstić information content (AvgIpc) is 2.42. The van der Waals surface area contributed by atoms with Crippen molar-refractivity contribution < 1.29 is 19.0 Å². The summed E-state index contributed by atoms with van der Waals surface area (Å²) in [6.07, 6.45) is -0.493. The molecule has 1 rings (SSSR count). The molecule has 0 fully saturated rings. The van der Waals surface area contributed by atoms with Crippen molar-refractivity contribution in [3.8, 4) is 5.75 Å². The Morgan fingerprint density at radius 3 is 2.55 bits per heavy atom. The van der Waals surface area contributed by atoms with Gasteiger partial charge >= 0.3 is 6.03 Å². The number of hydrogen-bond acceptors (Lipinski definition) is 4. The van der Waals surface area contributed by atoms with Crippen LogP contribution in [-0.2, 0) is 9.47 Å². The molecule has 8 heteroatoms. The van der Waals surface area contributed by atoms with Crippen molar-refractivity contribution >= 4 is 29.2 Å². The van der Waals surface area contributed by atoms with Crippen molar-refractivity contribution in [2.24, 2.45) is 0 Å². The number of amides is 2. The van der Waals surface area contributed by atoms with Gasteiger partial charge in [-0.3, -0.25) is 0 Å². The number of halogens is 2. The zero-order valence-electron chi connectivity index (χ0n) is 11.1. The van der Waals surface area contributed by atoms with Crippen molar-refractivity contribution in [1.82, 2.24) is 10.6 Å². The summed E-state index contributed by atoms with van der Waals surface area (Å²) >= 11 is 11.7. The summed E-state index contributed by atoms with van der Waals surface area (Å²) in [5, 5.41) is 5.95. The lowest BCUT2D eigenvalue weighted by Gasteiger charge is -2.15. The van der Waals surface area contributed by atoms with Gasteiger partial charge in [0.05, 0.1) is 11.6 Å². The van der Waals surface area contributed by atoms with E-state index in [0.29, 0.717) is 15.8 Å². The van der Waals surface area contributed by atoms with E-state index in [1.807, 2.05) is 0 Å². The summed E-state index contributed by atoms with van der Waals surface area (Å²) < 4.78 is 15.1. The van der Waals surface area contributed by atoms with Crippen LogP contribution in [0.2, 0.25) is 10.0 Å². The van der Waals surface area contributed by atoms with Crippen LogP contribution in [-0.4, -0.2) is 39.8 Å². The molecular weight excluding hydrogens is 307 g/mol. The molecule has 2 amide bonds. The molecule has 0 radical (unpaired) electrons. The average molecular weight is 323 g/mol. The van der Waals surface area contributed by atoms with E-state index in [1.54, 1.807) is 18.2 Å². The number of carbonyl (C=O) groups excluding carboxylic acids is 1. The third kappa shape index (κ3) is 5.83. The first-order valence-electron chi connectivity index (χ1n) is 5.72. The van der Waals surface area contributed by atoms with E-state index in [1.165, 1.54) is 14.2 Å². The molecule has 2 N–H and O–H groups in total. The Kier molecular flexibility index (Phi) is 7.46. The number of hydrogen-bond donors (Lipinski definition) is 2. The van der Waals surface area contributed by atoms with Gasteiger partial charge in [-0.2, -0.15) is 0 Å². The van der Waals surface area contributed by atoms with Crippen LogP contribution in [0, 0.1) is 0 Å². The minimum atomic E-state index is -0.493. The van der Waals surface area contributed by atoms with E-state index < -0.39 is 12.3 Å². The maximum absolute atomic E-state index is 11.4. The van der Waals surface area contributed by atoms with Gasteiger partial charge in [-0.1, -0.05) is 23.2 Å². The Morgan fingerprint density at radius 1 is 1.25 bits per heavy atom. The number of nitrogens with one attached hydrogen (secondary N) is 2. The fourth-order valence-electron chi connectivity index (χ4n) is 1.27. The highest BCUT2D eigenvalue weighted by Gasteiger charge is 2.08. The molecule has 0 aliphatic heterocycles. The Morgan fingerprint density at radius 2 is 1.95 bits per heavy atom. The van der Waals surface area contributed by atoms with E-state index in [0.717, 1.165) is 0 Å². The van der Waals surface area contributed by atoms with Crippen LogP contribution in [0.3, 0.4) is 0 Å². The molecule has 0 bridgehead atoms. The van der Waals surface area contributed by atoms with Crippen LogP contribution in [0.5, 0.6) is 5.75 Å². The zero-order chi connectivity index (χ0) is 15.0. The summed E-state index contributed by atoms with van der Waals surface area (Å²) in [6, 6.07) is 4.41. The van der Waals surface area contributed by atoms with Gasteiger partial charge in [0.2, 0.25) is 0 Å². The van der Waals surface area contributed by atoms with Gasteiger partial charge < -0.3 is 24.8 Å². The molecule has 20 heavy (non-hydrogen) atoms. The van der Waals surface area contributed by atoms with Crippen LogP contribution < -0.4 is 15.4 Å². The summed E-state index contributed by atoms with van der Waals surface area (Å²) in [7, 11) is 2.97. The van der Waals surface area contributed by atoms with Gasteiger partial charge in [-0.25, -0.2) is 4.79 Å². The van der Waals surface area contributed by atoms with Crippen LogP contribution in [0.4, 0.5) is 4.79 Å². The highest BCUT2D eigenvalue weighted by atomic mass is 35.5. The van der Waals surface area contributed by atoms with Crippen molar-refractivity contribution in [2.75, 3.05) is 27.5 Å². The molecule has 0 aliphatic rings. The lowest BCUT2D eigenvalue weighted by atomic mass is 10.3. The van der Waals surface area contributed by atoms with Gasteiger partial charge in [-0.15, -0.1) is 0 Å². The van der Waals surface area contributed by atoms with Gasteiger partial charge in [-0.05, 0) is 18.2 Å². The number of carbonyl (C=O) groups is 1. The molecule has 0 aromatic heterocycles. The standard InChI is InChI=1S/C12H16Cl2N2O4/c1-18-11(19-2)6-15-12(17)16-7-20-10-4-3-8(13)5-9(10)14/h3-5,11H,6-7H2,1-2H3,(H2,15,16,17). The first-order valence-corrected chi connectivity index (χ1v) is 6.47. The van der Waals surface area contributed by atoms with Gasteiger partial charge in [0.25, 0.3) is 0 Å². The summed E-state index contributed by atoms with van der Waals surface area (Å²) in [5.41, 5.74) is 0. The van der Waals surface area contributed by atoms with Crippen molar-refractivity contribution in [3.05, 3.63) is 28.2 Å². The third-order valence-corrected chi connectivity index (χ3v) is 2.84. The summed E-state index contributed by atoms with van der Waals surface area (Å²) in [6.45, 7) is 0.193. The summed E-state index contributed by atoms with van der Waals surface area (Å²) in [5.74, 6) is 0.433. The first kappa shape index (κ1) is 16.8. The minimum absolute atomic E-state index is 0.0299. The van der Waals surface area contributed by atoms with Gasteiger partial charge in [0.1, 0.15) is 5.75 Å². The quantitative estimate of drug-likeness (QED) is 0.755. The number of rotatable bonds is 7. The fourth-order valence-corrected chi connectivity index (χ4v) is 1.74. The maximum Gasteiger partial charge on any atom is 0.317 e. The monoisotopic (exact) mass is 322 g/mol. The summed E-state index contributed by atoms with van der Waals surface area (Å²) in [4.78, 5) is 11.4. The Labute approximate surface area is 127 Å². The first-order chi connectivity index (χ1) is 9.56. The fraction of sp³-hybridized carbons (Fsp3) is 0.417.